The number of anilines is 2. The maximum absolute atomic E-state index is 8.80. The van der Waals surface area contributed by atoms with Crippen molar-refractivity contribution >= 4 is 22.7 Å². The second-order valence-corrected chi connectivity index (χ2v) is 2.66. The number of nitrogen functional groups attached to an aromatic ring is 2. The van der Waals surface area contributed by atoms with Crippen LogP contribution >= 0.6 is 0 Å². The third kappa shape index (κ3) is 0.964. The fraction of sp³-hybridized carbons (Fsp3) is 0. The van der Waals surface area contributed by atoms with E-state index >= 15 is 0 Å². The van der Waals surface area contributed by atoms with E-state index in [9.17, 15) is 0 Å². The van der Waals surface area contributed by atoms with Crippen LogP contribution in [0.4, 0.5) is 11.6 Å². The van der Waals surface area contributed by atoms with E-state index in [-0.39, 0.29) is 5.95 Å². The summed E-state index contributed by atoms with van der Waals surface area (Å²) in [5.41, 5.74) is 13.1. The zero-order chi connectivity index (χ0) is 9.42. The molecular weight excluding hydrogens is 166 g/mol. The number of imidazole rings is 1. The predicted molar refractivity (Wildman–Crippen MR) is 49.6 cm³/mol. The highest BCUT2D eigenvalue weighted by molar-refractivity contribution is 5.88. The fourth-order valence-corrected chi connectivity index (χ4v) is 1.23. The molecule has 0 saturated carbocycles. The molecular formula is C8H7N5. The quantitative estimate of drug-likeness (QED) is 0.507. The van der Waals surface area contributed by atoms with E-state index in [0.29, 0.717) is 16.8 Å². The normalized spacial score (nSPS) is 10.1. The molecule has 2 rings (SSSR count). The Balaban J connectivity index is 2.93. The van der Waals surface area contributed by atoms with Gasteiger partial charge >= 0.3 is 0 Å². The lowest BCUT2D eigenvalue weighted by molar-refractivity contribution is 1.35. The van der Waals surface area contributed by atoms with Crippen molar-refractivity contribution in [2.45, 2.75) is 0 Å². The topological polar surface area (TPSA) is 105 Å². The van der Waals surface area contributed by atoms with Crippen LogP contribution in [0.25, 0.3) is 11.0 Å². The van der Waals surface area contributed by atoms with Gasteiger partial charge in [0.05, 0.1) is 11.2 Å². The maximum atomic E-state index is 8.80. The number of aromatic amines is 1. The van der Waals surface area contributed by atoms with Crippen LogP contribution < -0.4 is 11.5 Å². The van der Waals surface area contributed by atoms with Gasteiger partial charge in [-0.15, -0.1) is 0 Å². The van der Waals surface area contributed by atoms with Gasteiger partial charge < -0.3 is 16.5 Å². The Morgan fingerprint density at radius 1 is 1.38 bits per heavy atom. The summed E-state index contributed by atoms with van der Waals surface area (Å²) in [6.07, 6.45) is 0. The van der Waals surface area contributed by atoms with Gasteiger partial charge in [-0.05, 0) is 12.1 Å². The number of nitrogens with one attached hydrogen (secondary N) is 1. The molecule has 0 aliphatic heterocycles. The summed E-state index contributed by atoms with van der Waals surface area (Å²) in [6, 6.07) is 5.38. The molecule has 0 radical (unpaired) electrons. The van der Waals surface area contributed by atoms with Crippen molar-refractivity contribution in [2.24, 2.45) is 0 Å². The van der Waals surface area contributed by atoms with Gasteiger partial charge in [-0.25, -0.2) is 4.98 Å². The molecule has 64 valence electrons. The molecule has 1 heterocycles. The fourth-order valence-electron chi connectivity index (χ4n) is 1.23. The van der Waals surface area contributed by atoms with Crippen LogP contribution in [0.1, 0.15) is 5.56 Å². The largest absolute Gasteiger partial charge is 0.398 e. The number of H-pyrrole nitrogens is 1. The average Bonchev–Trinajstić information content (AvgIpc) is 2.45. The van der Waals surface area contributed by atoms with Crippen LogP contribution in [0.15, 0.2) is 12.1 Å². The molecule has 1 aromatic carbocycles. The van der Waals surface area contributed by atoms with E-state index in [2.05, 4.69) is 9.97 Å². The first kappa shape index (κ1) is 7.43. The number of hydrogen-bond acceptors (Lipinski definition) is 4. The Hall–Kier alpha value is -2.22. The highest BCUT2D eigenvalue weighted by Crippen LogP contribution is 2.21. The molecule has 5 heteroatoms. The minimum atomic E-state index is 0.289. The monoisotopic (exact) mass is 173 g/mol. The third-order valence-corrected chi connectivity index (χ3v) is 1.82. The number of hydrogen-bond donors (Lipinski definition) is 3. The summed E-state index contributed by atoms with van der Waals surface area (Å²) in [7, 11) is 0. The Bertz CT molecular complexity index is 505. The highest BCUT2D eigenvalue weighted by Gasteiger charge is 2.08. The lowest BCUT2D eigenvalue weighted by Gasteiger charge is -1.95. The minimum Gasteiger partial charge on any atom is -0.398 e. The summed E-state index contributed by atoms with van der Waals surface area (Å²) in [6.45, 7) is 0. The van der Waals surface area contributed by atoms with Crippen molar-refractivity contribution in [2.75, 3.05) is 11.5 Å². The number of nitriles is 1. The number of fused-ring (bicyclic) bond motifs is 1. The SMILES string of the molecule is N#Cc1c(N)ccc2[nH]c(N)nc12. The molecule has 0 spiro atoms. The lowest BCUT2D eigenvalue weighted by Crippen LogP contribution is -1.90. The van der Waals surface area contributed by atoms with E-state index in [4.69, 9.17) is 16.7 Å². The van der Waals surface area contributed by atoms with Gasteiger partial charge in [0, 0.05) is 0 Å². The molecule has 1 aromatic heterocycles. The number of rotatable bonds is 0. The predicted octanol–water partition coefficient (Wildman–Crippen LogP) is 0.599. The zero-order valence-corrected chi connectivity index (χ0v) is 6.70. The smallest absolute Gasteiger partial charge is 0.198 e. The summed E-state index contributed by atoms with van der Waals surface area (Å²) in [4.78, 5) is 6.78. The Morgan fingerprint density at radius 3 is 2.85 bits per heavy atom. The first-order valence-corrected chi connectivity index (χ1v) is 3.66. The Kier molecular flexibility index (Phi) is 1.36. The van der Waals surface area contributed by atoms with Gasteiger partial charge in [0.1, 0.15) is 17.1 Å². The van der Waals surface area contributed by atoms with E-state index in [1.807, 2.05) is 6.07 Å². The van der Waals surface area contributed by atoms with Crippen molar-refractivity contribution in [1.82, 2.24) is 9.97 Å². The Morgan fingerprint density at radius 2 is 2.15 bits per heavy atom. The van der Waals surface area contributed by atoms with Crippen LogP contribution in [0.5, 0.6) is 0 Å². The van der Waals surface area contributed by atoms with E-state index in [1.54, 1.807) is 12.1 Å². The molecule has 0 saturated heterocycles. The van der Waals surface area contributed by atoms with Crippen molar-refractivity contribution in [3.8, 4) is 6.07 Å². The first-order chi connectivity index (χ1) is 6.22. The molecule has 13 heavy (non-hydrogen) atoms. The molecule has 5 N–H and O–H groups in total. The Labute approximate surface area is 74.0 Å². The molecule has 0 amide bonds. The van der Waals surface area contributed by atoms with Crippen molar-refractivity contribution in [3.05, 3.63) is 17.7 Å². The van der Waals surface area contributed by atoms with Gasteiger partial charge in [-0.1, -0.05) is 0 Å². The van der Waals surface area contributed by atoms with Crippen LogP contribution in [0.3, 0.4) is 0 Å². The van der Waals surface area contributed by atoms with E-state index < -0.39 is 0 Å². The summed E-state index contributed by atoms with van der Waals surface area (Å²) in [5, 5.41) is 8.80. The summed E-state index contributed by atoms with van der Waals surface area (Å²) >= 11 is 0. The number of nitrogens with zero attached hydrogens (tertiary/aromatic N) is 2. The van der Waals surface area contributed by atoms with Gasteiger partial charge in [0.15, 0.2) is 5.95 Å². The lowest BCUT2D eigenvalue weighted by atomic mass is 10.1. The van der Waals surface area contributed by atoms with Crippen molar-refractivity contribution < 1.29 is 0 Å². The highest BCUT2D eigenvalue weighted by atomic mass is 15.0. The first-order valence-electron chi connectivity index (χ1n) is 3.66. The van der Waals surface area contributed by atoms with Gasteiger partial charge in [0.2, 0.25) is 0 Å². The molecule has 0 aliphatic rings. The minimum absolute atomic E-state index is 0.289. The molecule has 2 aromatic rings. The van der Waals surface area contributed by atoms with Gasteiger partial charge in [-0.2, -0.15) is 5.26 Å². The third-order valence-electron chi connectivity index (χ3n) is 1.82. The van der Waals surface area contributed by atoms with E-state index in [0.717, 1.165) is 5.52 Å². The second kappa shape index (κ2) is 2.38. The average molecular weight is 173 g/mol. The molecule has 0 aliphatic carbocycles. The number of aromatic nitrogens is 2. The van der Waals surface area contributed by atoms with E-state index in [1.165, 1.54) is 0 Å². The maximum Gasteiger partial charge on any atom is 0.198 e. The molecule has 0 unspecified atom stereocenters. The van der Waals surface area contributed by atoms with Crippen molar-refractivity contribution in [3.63, 3.8) is 0 Å². The number of benzene rings is 1. The summed E-state index contributed by atoms with van der Waals surface area (Å²) < 4.78 is 0. The summed E-state index contributed by atoms with van der Waals surface area (Å²) in [5.74, 6) is 0.289. The molecule has 0 fully saturated rings. The molecule has 5 nitrogen and oxygen atoms in total. The van der Waals surface area contributed by atoms with Crippen LogP contribution in [-0.2, 0) is 0 Å². The second-order valence-electron chi connectivity index (χ2n) is 2.66. The number of nitrogens with two attached hydrogens (primary N) is 2. The van der Waals surface area contributed by atoms with Gasteiger partial charge in [0.25, 0.3) is 0 Å². The van der Waals surface area contributed by atoms with Crippen LogP contribution in [0, 0.1) is 11.3 Å². The van der Waals surface area contributed by atoms with Crippen molar-refractivity contribution in [1.29, 1.82) is 5.26 Å². The standard InChI is InChI=1S/C8H7N5/c9-3-4-5(10)1-2-6-7(4)13-8(11)12-6/h1-2H,10H2,(H3,11,12,13). The van der Waals surface area contributed by atoms with Crippen LogP contribution in [0.2, 0.25) is 0 Å². The van der Waals surface area contributed by atoms with Gasteiger partial charge in [-0.3, -0.25) is 0 Å². The van der Waals surface area contributed by atoms with Crippen LogP contribution in [-0.4, -0.2) is 9.97 Å². The molecule has 0 atom stereocenters. The zero-order valence-electron chi connectivity index (χ0n) is 6.70. The molecule has 0 bridgehead atoms.